The smallest absolute Gasteiger partial charge is 0.136 e. The van der Waals surface area contributed by atoms with Gasteiger partial charge in [0.25, 0.3) is 0 Å². The lowest BCUT2D eigenvalue weighted by molar-refractivity contribution is 0.133. The van der Waals surface area contributed by atoms with Crippen molar-refractivity contribution in [3.63, 3.8) is 0 Å². The average Bonchev–Trinajstić information content (AvgIpc) is 2.40. The molecule has 0 aliphatic heterocycles. The summed E-state index contributed by atoms with van der Waals surface area (Å²) >= 11 is 1.31. The van der Waals surface area contributed by atoms with Crippen LogP contribution in [0.3, 0.4) is 0 Å². The predicted octanol–water partition coefficient (Wildman–Crippen LogP) is 3.46. The first kappa shape index (κ1) is 16.4. The van der Waals surface area contributed by atoms with Crippen LogP contribution >= 0.6 is 11.8 Å². The van der Waals surface area contributed by atoms with E-state index in [0.717, 1.165) is 44.7 Å². The van der Waals surface area contributed by atoms with Gasteiger partial charge in [-0.15, -0.1) is 11.8 Å². The maximum absolute atomic E-state index is 13.3. The quantitative estimate of drug-likeness (QED) is 0.526. The maximum Gasteiger partial charge on any atom is 0.136 e. The van der Waals surface area contributed by atoms with Crippen LogP contribution in [0.15, 0.2) is 23.1 Å². The summed E-state index contributed by atoms with van der Waals surface area (Å²) in [4.78, 5) is 0.362. The molecule has 0 aromatic heterocycles. The van der Waals surface area contributed by atoms with Crippen molar-refractivity contribution in [1.82, 2.24) is 5.32 Å². The zero-order chi connectivity index (χ0) is 13.9. The first-order valence-corrected chi connectivity index (χ1v) is 7.59. The molecular weight excluding hydrogens is 268 g/mol. The van der Waals surface area contributed by atoms with Crippen molar-refractivity contribution in [2.24, 2.45) is 0 Å². The molecule has 0 saturated heterocycles. The first-order chi connectivity index (χ1) is 9.24. The van der Waals surface area contributed by atoms with Crippen molar-refractivity contribution in [3.05, 3.63) is 29.8 Å². The highest BCUT2D eigenvalue weighted by molar-refractivity contribution is 7.99. The van der Waals surface area contributed by atoms with E-state index in [0.29, 0.717) is 17.3 Å². The second-order valence-electron chi connectivity index (χ2n) is 4.14. The Morgan fingerprint density at radius 2 is 2.05 bits per heavy atom. The van der Waals surface area contributed by atoms with Gasteiger partial charge in [-0.3, -0.25) is 0 Å². The van der Waals surface area contributed by atoms with Crippen molar-refractivity contribution in [1.29, 1.82) is 0 Å². The lowest BCUT2D eigenvalue weighted by atomic mass is 10.3. The van der Waals surface area contributed by atoms with Crippen LogP contribution in [-0.4, -0.2) is 32.1 Å². The van der Waals surface area contributed by atoms with E-state index >= 15 is 0 Å². The van der Waals surface area contributed by atoms with Crippen molar-refractivity contribution >= 4 is 11.8 Å². The molecule has 1 aromatic carbocycles. The molecule has 2 nitrogen and oxygen atoms in total. The van der Waals surface area contributed by atoms with Gasteiger partial charge in [-0.2, -0.15) is 0 Å². The van der Waals surface area contributed by atoms with E-state index in [9.17, 15) is 8.78 Å². The highest BCUT2D eigenvalue weighted by Gasteiger charge is 2.03. The van der Waals surface area contributed by atoms with Gasteiger partial charge < -0.3 is 10.1 Å². The van der Waals surface area contributed by atoms with Crippen molar-refractivity contribution < 1.29 is 13.5 Å². The fraction of sp³-hybridized carbons (Fsp3) is 0.571. The second-order valence-corrected chi connectivity index (χ2v) is 5.28. The topological polar surface area (TPSA) is 21.3 Å². The van der Waals surface area contributed by atoms with Gasteiger partial charge in [0.15, 0.2) is 0 Å². The molecule has 0 atom stereocenters. The molecule has 1 rings (SSSR count). The molecule has 19 heavy (non-hydrogen) atoms. The van der Waals surface area contributed by atoms with Crippen LogP contribution in [0.1, 0.15) is 19.8 Å². The molecule has 0 fully saturated rings. The Morgan fingerprint density at radius 3 is 2.84 bits per heavy atom. The third kappa shape index (κ3) is 7.50. The van der Waals surface area contributed by atoms with Crippen LogP contribution in [0.4, 0.5) is 8.78 Å². The van der Waals surface area contributed by atoms with Crippen molar-refractivity contribution in [2.75, 3.05) is 32.1 Å². The number of rotatable bonds is 10. The molecule has 0 aliphatic carbocycles. The average molecular weight is 289 g/mol. The molecule has 5 heteroatoms. The predicted molar refractivity (Wildman–Crippen MR) is 75.7 cm³/mol. The molecule has 0 amide bonds. The molecular formula is C14H21F2NOS. The second kappa shape index (κ2) is 10.2. The minimum atomic E-state index is -0.402. The SMILES string of the molecule is CCCCOCCNCCSc1cc(F)ccc1F. The van der Waals surface area contributed by atoms with Gasteiger partial charge in [0, 0.05) is 30.3 Å². The van der Waals surface area contributed by atoms with E-state index in [-0.39, 0.29) is 5.82 Å². The zero-order valence-corrected chi connectivity index (χ0v) is 12.1. The number of hydrogen-bond acceptors (Lipinski definition) is 3. The molecule has 108 valence electrons. The molecule has 0 heterocycles. The molecule has 1 N–H and O–H groups in total. The molecule has 0 spiro atoms. The third-order valence-electron chi connectivity index (χ3n) is 2.50. The Hall–Kier alpha value is -0.650. The summed E-state index contributed by atoms with van der Waals surface area (Å²) < 4.78 is 31.6. The Kier molecular flexibility index (Phi) is 8.79. The van der Waals surface area contributed by atoms with Crippen LogP contribution < -0.4 is 5.32 Å². The normalized spacial score (nSPS) is 10.9. The van der Waals surface area contributed by atoms with E-state index in [4.69, 9.17) is 4.74 Å². The number of ether oxygens (including phenoxy) is 1. The fourth-order valence-electron chi connectivity index (χ4n) is 1.44. The van der Waals surface area contributed by atoms with Gasteiger partial charge in [-0.25, -0.2) is 8.78 Å². The maximum atomic E-state index is 13.3. The lowest BCUT2D eigenvalue weighted by Crippen LogP contribution is -2.22. The molecule has 0 radical (unpaired) electrons. The first-order valence-electron chi connectivity index (χ1n) is 6.60. The number of halogens is 2. The number of unbranched alkanes of at least 4 members (excludes halogenated alkanes) is 1. The van der Waals surface area contributed by atoms with Crippen LogP contribution in [0.2, 0.25) is 0 Å². The number of hydrogen-bond donors (Lipinski definition) is 1. The third-order valence-corrected chi connectivity index (χ3v) is 3.53. The van der Waals surface area contributed by atoms with Gasteiger partial charge >= 0.3 is 0 Å². The van der Waals surface area contributed by atoms with Crippen LogP contribution in [0.25, 0.3) is 0 Å². The fourth-order valence-corrected chi connectivity index (χ4v) is 2.31. The lowest BCUT2D eigenvalue weighted by Gasteiger charge is -2.06. The Labute approximate surface area is 117 Å². The van der Waals surface area contributed by atoms with Crippen LogP contribution in [0, 0.1) is 11.6 Å². The van der Waals surface area contributed by atoms with E-state index < -0.39 is 5.82 Å². The van der Waals surface area contributed by atoms with Crippen molar-refractivity contribution in [2.45, 2.75) is 24.7 Å². The number of thioether (sulfide) groups is 1. The van der Waals surface area contributed by atoms with E-state index in [1.807, 2.05) is 0 Å². The highest BCUT2D eigenvalue weighted by atomic mass is 32.2. The molecule has 0 unspecified atom stereocenters. The molecule has 1 aromatic rings. The summed E-state index contributed by atoms with van der Waals surface area (Å²) in [5, 5.41) is 3.20. The minimum Gasteiger partial charge on any atom is -0.380 e. The van der Waals surface area contributed by atoms with Gasteiger partial charge in [-0.05, 0) is 24.6 Å². The number of benzene rings is 1. The molecule has 0 aliphatic rings. The largest absolute Gasteiger partial charge is 0.380 e. The summed E-state index contributed by atoms with van der Waals surface area (Å²) in [5.74, 6) is -0.0644. The van der Waals surface area contributed by atoms with E-state index in [1.54, 1.807) is 0 Å². The van der Waals surface area contributed by atoms with Crippen molar-refractivity contribution in [3.8, 4) is 0 Å². The summed E-state index contributed by atoms with van der Waals surface area (Å²) in [6.07, 6.45) is 2.23. The Morgan fingerprint density at radius 1 is 1.21 bits per heavy atom. The summed E-state index contributed by atoms with van der Waals surface area (Å²) in [7, 11) is 0. The number of nitrogens with one attached hydrogen (secondary N) is 1. The van der Waals surface area contributed by atoms with Gasteiger partial charge in [0.05, 0.1) is 6.61 Å². The summed E-state index contributed by atoms with van der Waals surface area (Å²) in [6.45, 7) is 5.17. The standard InChI is InChI=1S/C14H21F2NOS/c1-2-3-8-18-9-6-17-7-10-19-14-11-12(15)4-5-13(14)16/h4-5,11,17H,2-3,6-10H2,1H3. The highest BCUT2D eigenvalue weighted by Crippen LogP contribution is 2.21. The Balaban J connectivity index is 2.03. The molecule has 0 bridgehead atoms. The van der Waals surface area contributed by atoms with Crippen LogP contribution in [-0.2, 0) is 4.74 Å². The van der Waals surface area contributed by atoms with E-state index in [1.165, 1.54) is 17.8 Å². The summed E-state index contributed by atoms with van der Waals surface area (Å²) in [5.41, 5.74) is 0. The van der Waals surface area contributed by atoms with E-state index in [2.05, 4.69) is 12.2 Å². The zero-order valence-electron chi connectivity index (χ0n) is 11.3. The van der Waals surface area contributed by atoms with Gasteiger partial charge in [-0.1, -0.05) is 13.3 Å². The Bertz CT molecular complexity index is 363. The minimum absolute atomic E-state index is 0.362. The van der Waals surface area contributed by atoms with Gasteiger partial charge in [0.2, 0.25) is 0 Å². The monoisotopic (exact) mass is 289 g/mol. The van der Waals surface area contributed by atoms with Gasteiger partial charge in [0.1, 0.15) is 11.6 Å². The molecule has 0 saturated carbocycles. The van der Waals surface area contributed by atoms with Crippen LogP contribution in [0.5, 0.6) is 0 Å². The summed E-state index contributed by atoms with van der Waals surface area (Å²) in [6, 6.07) is 3.52.